The highest BCUT2D eigenvalue weighted by atomic mass is 16.1. The second-order valence-electron chi connectivity index (χ2n) is 5.37. The lowest BCUT2D eigenvalue weighted by molar-refractivity contribution is -0.121. The van der Waals surface area contributed by atoms with Crippen LogP contribution in [0, 0.1) is 20.8 Å². The molecule has 0 unspecified atom stereocenters. The lowest BCUT2D eigenvalue weighted by Crippen LogP contribution is -2.26. The first kappa shape index (κ1) is 15.3. The fourth-order valence-corrected chi connectivity index (χ4v) is 2.33. The van der Waals surface area contributed by atoms with Crippen LogP contribution in [0.3, 0.4) is 0 Å². The first-order chi connectivity index (χ1) is 10.1. The van der Waals surface area contributed by atoms with E-state index in [-0.39, 0.29) is 5.91 Å². The minimum absolute atomic E-state index is 0.0754. The van der Waals surface area contributed by atoms with E-state index in [0.717, 1.165) is 29.9 Å². The first-order valence-corrected chi connectivity index (χ1v) is 7.33. The molecule has 114 valence electrons. The van der Waals surface area contributed by atoms with E-state index in [2.05, 4.69) is 20.6 Å². The number of H-pyrrole nitrogens is 1. The molecule has 2 heterocycles. The van der Waals surface area contributed by atoms with Crippen LogP contribution in [0.25, 0.3) is 0 Å². The van der Waals surface area contributed by atoms with Crippen molar-refractivity contribution < 1.29 is 4.79 Å². The number of carbonyl (C=O) groups excluding carboxylic acids is 1. The zero-order valence-corrected chi connectivity index (χ0v) is 12.9. The van der Waals surface area contributed by atoms with E-state index in [1.807, 2.05) is 37.7 Å². The third-order valence-electron chi connectivity index (χ3n) is 3.53. The van der Waals surface area contributed by atoms with Crippen molar-refractivity contribution in [2.75, 3.05) is 6.54 Å². The molecule has 0 aliphatic heterocycles. The maximum atomic E-state index is 11.8. The molecule has 6 nitrogen and oxygen atoms in total. The Kier molecular flexibility index (Phi) is 5.14. The predicted octanol–water partition coefficient (Wildman–Crippen LogP) is 1.67. The van der Waals surface area contributed by atoms with E-state index in [9.17, 15) is 4.79 Å². The number of carbonyl (C=O) groups is 1. The zero-order chi connectivity index (χ0) is 15.2. The zero-order valence-electron chi connectivity index (χ0n) is 12.9. The molecule has 2 rings (SSSR count). The van der Waals surface area contributed by atoms with Gasteiger partial charge in [0, 0.05) is 30.9 Å². The lowest BCUT2D eigenvalue weighted by Gasteiger charge is -2.06. The summed E-state index contributed by atoms with van der Waals surface area (Å²) >= 11 is 0. The molecule has 0 aromatic carbocycles. The second-order valence-corrected chi connectivity index (χ2v) is 5.37. The van der Waals surface area contributed by atoms with Crippen LogP contribution in [0.4, 0.5) is 0 Å². The van der Waals surface area contributed by atoms with Crippen molar-refractivity contribution in [2.24, 2.45) is 0 Å². The van der Waals surface area contributed by atoms with Crippen LogP contribution in [0.2, 0.25) is 0 Å². The molecule has 21 heavy (non-hydrogen) atoms. The van der Waals surface area contributed by atoms with Gasteiger partial charge in [0.05, 0.1) is 11.9 Å². The summed E-state index contributed by atoms with van der Waals surface area (Å²) in [6.45, 7) is 7.30. The van der Waals surface area contributed by atoms with Gasteiger partial charge in [-0.05, 0) is 45.2 Å². The second kappa shape index (κ2) is 7.06. The summed E-state index contributed by atoms with van der Waals surface area (Å²) in [5.74, 6) is 0.0754. The molecule has 0 fully saturated rings. The number of nitrogens with one attached hydrogen (secondary N) is 2. The van der Waals surface area contributed by atoms with Gasteiger partial charge in [0.25, 0.3) is 0 Å². The smallest absolute Gasteiger partial charge is 0.221 e. The number of aromatic nitrogens is 4. The largest absolute Gasteiger partial charge is 0.356 e. The number of aryl methyl sites for hydroxylation is 5. The van der Waals surface area contributed by atoms with Gasteiger partial charge in [-0.2, -0.15) is 10.2 Å². The Labute approximate surface area is 124 Å². The van der Waals surface area contributed by atoms with Crippen LogP contribution in [0.5, 0.6) is 0 Å². The van der Waals surface area contributed by atoms with E-state index < -0.39 is 0 Å². The summed E-state index contributed by atoms with van der Waals surface area (Å²) in [5.41, 5.74) is 4.40. The fourth-order valence-electron chi connectivity index (χ4n) is 2.33. The van der Waals surface area contributed by atoms with Crippen LogP contribution < -0.4 is 5.32 Å². The number of aromatic amines is 1. The molecular weight excluding hydrogens is 266 g/mol. The Balaban J connectivity index is 1.64. The Morgan fingerprint density at radius 3 is 2.81 bits per heavy atom. The van der Waals surface area contributed by atoms with Crippen molar-refractivity contribution in [3.8, 4) is 0 Å². The molecule has 6 heteroatoms. The summed E-state index contributed by atoms with van der Waals surface area (Å²) < 4.78 is 1.88. The van der Waals surface area contributed by atoms with E-state index in [0.29, 0.717) is 19.5 Å². The average molecular weight is 289 g/mol. The van der Waals surface area contributed by atoms with Gasteiger partial charge in [0.15, 0.2) is 0 Å². The van der Waals surface area contributed by atoms with Crippen LogP contribution in [0.15, 0.2) is 12.3 Å². The first-order valence-electron chi connectivity index (χ1n) is 7.33. The molecule has 2 aromatic rings. The third-order valence-corrected chi connectivity index (χ3v) is 3.53. The molecule has 0 saturated heterocycles. The molecule has 2 aromatic heterocycles. The highest BCUT2D eigenvalue weighted by Crippen LogP contribution is 2.05. The molecule has 0 atom stereocenters. The maximum Gasteiger partial charge on any atom is 0.221 e. The van der Waals surface area contributed by atoms with Gasteiger partial charge in [0.1, 0.15) is 0 Å². The summed E-state index contributed by atoms with van der Waals surface area (Å²) in [6.07, 6.45) is 4.17. The predicted molar refractivity (Wildman–Crippen MR) is 81.0 cm³/mol. The van der Waals surface area contributed by atoms with Crippen LogP contribution in [-0.2, 0) is 17.8 Å². The molecule has 1 amide bonds. The highest BCUT2D eigenvalue weighted by molar-refractivity contribution is 5.75. The number of hydrogen-bond donors (Lipinski definition) is 2. The van der Waals surface area contributed by atoms with Gasteiger partial charge in [-0.15, -0.1) is 0 Å². The number of amides is 1. The van der Waals surface area contributed by atoms with E-state index in [1.165, 1.54) is 5.56 Å². The van der Waals surface area contributed by atoms with Gasteiger partial charge in [-0.25, -0.2) is 0 Å². The minimum atomic E-state index is 0.0754. The highest BCUT2D eigenvalue weighted by Gasteiger charge is 2.05. The van der Waals surface area contributed by atoms with Crippen LogP contribution in [0.1, 0.15) is 35.5 Å². The van der Waals surface area contributed by atoms with Gasteiger partial charge in [-0.1, -0.05) is 0 Å². The Hall–Kier alpha value is -2.11. The van der Waals surface area contributed by atoms with Crippen LogP contribution >= 0.6 is 0 Å². The fraction of sp³-hybridized carbons (Fsp3) is 0.533. The van der Waals surface area contributed by atoms with Gasteiger partial charge in [-0.3, -0.25) is 14.6 Å². The third kappa shape index (κ3) is 4.44. The molecule has 0 saturated carbocycles. The van der Waals surface area contributed by atoms with E-state index in [1.54, 1.807) is 0 Å². The monoisotopic (exact) mass is 289 g/mol. The van der Waals surface area contributed by atoms with Crippen molar-refractivity contribution >= 4 is 5.91 Å². The molecule has 0 bridgehead atoms. The van der Waals surface area contributed by atoms with Crippen molar-refractivity contribution in [1.29, 1.82) is 0 Å². The van der Waals surface area contributed by atoms with Crippen LogP contribution in [-0.4, -0.2) is 32.4 Å². The molecule has 0 aliphatic rings. The van der Waals surface area contributed by atoms with Gasteiger partial charge >= 0.3 is 0 Å². The molecule has 0 aliphatic carbocycles. The maximum absolute atomic E-state index is 11.8. The standard InChI is InChI=1S/C15H23N5O/c1-11-9-12(2)20(19-11)8-6-15(21)16-7-4-5-14-10-17-18-13(14)3/h9-10H,4-8H2,1-3H3,(H,16,21)(H,17,18). The average Bonchev–Trinajstić information content (AvgIpc) is 2.98. The van der Waals surface area contributed by atoms with Crippen molar-refractivity contribution in [3.05, 3.63) is 34.9 Å². The SMILES string of the molecule is Cc1cc(C)n(CCC(=O)NCCCc2cn[nH]c2C)n1. The lowest BCUT2D eigenvalue weighted by atomic mass is 10.1. The topological polar surface area (TPSA) is 75.6 Å². The molecular formula is C15H23N5O. The summed E-state index contributed by atoms with van der Waals surface area (Å²) in [4.78, 5) is 11.8. The molecule has 2 N–H and O–H groups in total. The van der Waals surface area contributed by atoms with Crippen molar-refractivity contribution in [3.63, 3.8) is 0 Å². The van der Waals surface area contributed by atoms with E-state index >= 15 is 0 Å². The summed E-state index contributed by atoms with van der Waals surface area (Å²) in [6, 6.07) is 2.02. The number of hydrogen-bond acceptors (Lipinski definition) is 3. The Bertz CT molecular complexity index is 599. The normalized spacial score (nSPS) is 10.8. The Morgan fingerprint density at radius 2 is 2.19 bits per heavy atom. The van der Waals surface area contributed by atoms with E-state index in [4.69, 9.17) is 0 Å². The summed E-state index contributed by atoms with van der Waals surface area (Å²) in [7, 11) is 0. The van der Waals surface area contributed by atoms with Gasteiger partial charge < -0.3 is 5.32 Å². The number of nitrogens with zero attached hydrogens (tertiary/aromatic N) is 3. The number of rotatable bonds is 7. The quantitative estimate of drug-likeness (QED) is 0.761. The van der Waals surface area contributed by atoms with Crippen molar-refractivity contribution in [2.45, 2.75) is 46.6 Å². The summed E-state index contributed by atoms with van der Waals surface area (Å²) in [5, 5.41) is 14.2. The van der Waals surface area contributed by atoms with Crippen molar-refractivity contribution in [1.82, 2.24) is 25.3 Å². The van der Waals surface area contributed by atoms with Gasteiger partial charge in [0.2, 0.25) is 5.91 Å². The minimum Gasteiger partial charge on any atom is -0.356 e. The Morgan fingerprint density at radius 1 is 1.38 bits per heavy atom. The molecule has 0 spiro atoms. The molecule has 0 radical (unpaired) electrons.